The van der Waals surface area contributed by atoms with Gasteiger partial charge in [-0.15, -0.1) is 0 Å². The molecule has 2 saturated heterocycles. The molecular weight excluding hydrogens is 162 g/mol. The van der Waals surface area contributed by atoms with E-state index in [1.165, 1.54) is 32.1 Å². The predicted molar refractivity (Wildman–Crippen MR) is 50.2 cm³/mol. The summed E-state index contributed by atoms with van der Waals surface area (Å²) >= 11 is 0. The molecule has 72 valence electrons. The molecule has 13 heavy (non-hydrogen) atoms. The van der Waals surface area contributed by atoms with Crippen LogP contribution in [0.1, 0.15) is 38.5 Å². The minimum atomic E-state index is 0.438. The van der Waals surface area contributed by atoms with Gasteiger partial charge in [-0.1, -0.05) is 0 Å². The zero-order valence-electron chi connectivity index (χ0n) is 8.04. The summed E-state index contributed by atoms with van der Waals surface area (Å²) in [6.07, 6.45) is 7.25. The molecule has 0 N–H and O–H groups in total. The fourth-order valence-corrected chi connectivity index (χ4v) is 3.16. The summed E-state index contributed by atoms with van der Waals surface area (Å²) in [4.78, 5) is 13.9. The van der Waals surface area contributed by atoms with Gasteiger partial charge < -0.3 is 4.90 Å². The van der Waals surface area contributed by atoms with E-state index < -0.39 is 0 Å². The van der Waals surface area contributed by atoms with E-state index in [0.29, 0.717) is 11.9 Å². The van der Waals surface area contributed by atoms with E-state index in [9.17, 15) is 4.79 Å². The molecule has 3 atom stereocenters. The molecule has 0 radical (unpaired) electrons. The van der Waals surface area contributed by atoms with E-state index >= 15 is 0 Å². The lowest BCUT2D eigenvalue weighted by molar-refractivity contribution is -0.132. The van der Waals surface area contributed by atoms with Gasteiger partial charge >= 0.3 is 0 Å². The molecule has 1 aliphatic carbocycles. The number of rotatable bonds is 0. The van der Waals surface area contributed by atoms with Crippen molar-refractivity contribution in [3.8, 4) is 0 Å². The second-order valence-corrected chi connectivity index (χ2v) is 4.91. The summed E-state index contributed by atoms with van der Waals surface area (Å²) in [6.45, 7) is 1.04. The van der Waals surface area contributed by atoms with E-state index in [4.69, 9.17) is 0 Å². The Balaban J connectivity index is 1.78. The van der Waals surface area contributed by atoms with Crippen LogP contribution in [-0.2, 0) is 4.79 Å². The third-order valence-electron chi connectivity index (χ3n) is 4.07. The van der Waals surface area contributed by atoms with E-state index in [0.717, 1.165) is 24.8 Å². The summed E-state index contributed by atoms with van der Waals surface area (Å²) in [5, 5.41) is 0. The first kappa shape index (κ1) is 7.84. The molecule has 0 bridgehead atoms. The summed E-state index contributed by atoms with van der Waals surface area (Å²) in [5.41, 5.74) is 0. The van der Waals surface area contributed by atoms with Crippen LogP contribution in [0.5, 0.6) is 0 Å². The van der Waals surface area contributed by atoms with Crippen LogP contribution in [0.4, 0.5) is 0 Å². The highest BCUT2D eigenvalue weighted by Crippen LogP contribution is 2.48. The lowest BCUT2D eigenvalue weighted by Crippen LogP contribution is -2.36. The van der Waals surface area contributed by atoms with Gasteiger partial charge in [-0.25, -0.2) is 0 Å². The minimum absolute atomic E-state index is 0.438. The van der Waals surface area contributed by atoms with Crippen LogP contribution in [0.3, 0.4) is 0 Å². The molecule has 3 rings (SSSR count). The van der Waals surface area contributed by atoms with Gasteiger partial charge in [-0.2, -0.15) is 0 Å². The van der Waals surface area contributed by atoms with Crippen molar-refractivity contribution in [3.63, 3.8) is 0 Å². The maximum Gasteiger partial charge on any atom is 0.222 e. The Morgan fingerprint density at radius 1 is 1.15 bits per heavy atom. The van der Waals surface area contributed by atoms with Crippen molar-refractivity contribution in [2.45, 2.75) is 44.6 Å². The Labute approximate surface area is 79.3 Å². The molecule has 0 aromatic rings. The quantitative estimate of drug-likeness (QED) is 0.555. The van der Waals surface area contributed by atoms with E-state index in [1.54, 1.807) is 0 Å². The molecule has 1 amide bonds. The Bertz CT molecular complexity index is 238. The molecule has 3 fully saturated rings. The number of hydrogen-bond donors (Lipinski definition) is 0. The lowest BCUT2D eigenvalue weighted by Gasteiger charge is -2.26. The molecular formula is C11H17NO. The number of amides is 1. The number of carbonyl (C=O) groups excluding carboxylic acids is 1. The van der Waals surface area contributed by atoms with Crippen LogP contribution in [0.2, 0.25) is 0 Å². The van der Waals surface area contributed by atoms with Crippen LogP contribution in [-0.4, -0.2) is 23.4 Å². The number of carbonyl (C=O) groups is 1. The molecule has 0 aromatic heterocycles. The van der Waals surface area contributed by atoms with Gasteiger partial charge in [-0.3, -0.25) is 4.79 Å². The minimum Gasteiger partial charge on any atom is -0.340 e. The van der Waals surface area contributed by atoms with Crippen LogP contribution in [0, 0.1) is 11.8 Å². The van der Waals surface area contributed by atoms with Crippen molar-refractivity contribution in [1.29, 1.82) is 0 Å². The second-order valence-electron chi connectivity index (χ2n) is 4.91. The molecule has 0 spiro atoms. The molecule has 2 heterocycles. The van der Waals surface area contributed by atoms with Gasteiger partial charge in [0.25, 0.3) is 0 Å². The Morgan fingerprint density at radius 3 is 3.00 bits per heavy atom. The van der Waals surface area contributed by atoms with Crippen molar-refractivity contribution in [1.82, 2.24) is 4.90 Å². The first-order valence-corrected chi connectivity index (χ1v) is 5.64. The van der Waals surface area contributed by atoms with Crippen molar-refractivity contribution in [2.75, 3.05) is 6.54 Å². The SMILES string of the molecule is O=C1CCC2CC2CC2CCCN12. The smallest absolute Gasteiger partial charge is 0.222 e. The standard InChI is InChI=1S/C11H17NO/c13-11-4-3-8-6-9(8)7-10-2-1-5-12(10)11/h8-10H,1-7H2. The van der Waals surface area contributed by atoms with Gasteiger partial charge in [0.15, 0.2) is 0 Å². The van der Waals surface area contributed by atoms with E-state index in [1.807, 2.05) is 0 Å². The molecule has 3 unspecified atom stereocenters. The Morgan fingerprint density at radius 2 is 2.08 bits per heavy atom. The zero-order valence-corrected chi connectivity index (χ0v) is 8.04. The van der Waals surface area contributed by atoms with Gasteiger partial charge in [-0.05, 0) is 43.9 Å². The highest BCUT2D eigenvalue weighted by molar-refractivity contribution is 5.77. The van der Waals surface area contributed by atoms with Crippen molar-refractivity contribution in [2.24, 2.45) is 11.8 Å². The summed E-state index contributed by atoms with van der Waals surface area (Å²) < 4.78 is 0. The van der Waals surface area contributed by atoms with Gasteiger partial charge in [0, 0.05) is 19.0 Å². The molecule has 2 nitrogen and oxygen atoms in total. The van der Waals surface area contributed by atoms with Crippen LogP contribution >= 0.6 is 0 Å². The second kappa shape index (κ2) is 2.73. The van der Waals surface area contributed by atoms with Crippen LogP contribution < -0.4 is 0 Å². The van der Waals surface area contributed by atoms with E-state index in [-0.39, 0.29) is 0 Å². The number of hydrogen-bond acceptors (Lipinski definition) is 1. The average molecular weight is 179 g/mol. The Hall–Kier alpha value is -0.530. The molecule has 3 aliphatic rings. The maximum atomic E-state index is 11.7. The number of nitrogens with zero attached hydrogens (tertiary/aromatic N) is 1. The van der Waals surface area contributed by atoms with E-state index in [2.05, 4.69) is 4.90 Å². The third-order valence-corrected chi connectivity index (χ3v) is 4.07. The molecule has 2 aliphatic heterocycles. The van der Waals surface area contributed by atoms with Crippen molar-refractivity contribution in [3.05, 3.63) is 0 Å². The molecule has 1 saturated carbocycles. The Kier molecular flexibility index (Phi) is 1.64. The number of fused-ring (bicyclic) bond motifs is 2. The monoisotopic (exact) mass is 179 g/mol. The lowest BCUT2D eigenvalue weighted by atomic mass is 10.0. The molecule has 2 heteroatoms. The largest absolute Gasteiger partial charge is 0.340 e. The van der Waals surface area contributed by atoms with Crippen LogP contribution in [0.15, 0.2) is 0 Å². The normalized spacial score (nSPS) is 43.5. The van der Waals surface area contributed by atoms with Gasteiger partial charge in [0.2, 0.25) is 5.91 Å². The first-order chi connectivity index (χ1) is 6.34. The van der Waals surface area contributed by atoms with Crippen molar-refractivity contribution < 1.29 is 4.79 Å². The zero-order chi connectivity index (χ0) is 8.84. The summed E-state index contributed by atoms with van der Waals surface area (Å²) in [6, 6.07) is 0.628. The van der Waals surface area contributed by atoms with Gasteiger partial charge in [0.1, 0.15) is 0 Å². The van der Waals surface area contributed by atoms with Crippen molar-refractivity contribution >= 4 is 5.91 Å². The average Bonchev–Trinajstić information content (AvgIpc) is 2.64. The highest BCUT2D eigenvalue weighted by Gasteiger charge is 2.43. The fraction of sp³-hybridized carbons (Fsp3) is 0.909. The van der Waals surface area contributed by atoms with Gasteiger partial charge in [0.05, 0.1) is 0 Å². The van der Waals surface area contributed by atoms with Crippen LogP contribution in [0.25, 0.3) is 0 Å². The maximum absolute atomic E-state index is 11.7. The highest BCUT2D eigenvalue weighted by atomic mass is 16.2. The third kappa shape index (κ3) is 1.27. The summed E-state index contributed by atoms with van der Waals surface area (Å²) in [5.74, 6) is 2.35. The first-order valence-electron chi connectivity index (χ1n) is 5.64. The molecule has 0 aromatic carbocycles. The predicted octanol–water partition coefficient (Wildman–Crippen LogP) is 1.80. The fourth-order valence-electron chi connectivity index (χ4n) is 3.16. The topological polar surface area (TPSA) is 20.3 Å². The summed E-state index contributed by atoms with van der Waals surface area (Å²) in [7, 11) is 0.